The molecule has 17 heavy (non-hydrogen) atoms. The maximum absolute atomic E-state index is 12.4. The third-order valence-electron chi connectivity index (χ3n) is 2.10. The Morgan fingerprint density at radius 2 is 2.12 bits per heavy atom. The maximum atomic E-state index is 12.4. The normalized spacial score (nSPS) is 13.4. The Labute approximate surface area is 95.8 Å². The summed E-state index contributed by atoms with van der Waals surface area (Å²) in [4.78, 5) is 10.4. The smallest absolute Gasteiger partial charge is 0.416 e. The molecule has 0 spiro atoms. The fourth-order valence-electron chi connectivity index (χ4n) is 1.13. The van der Waals surface area contributed by atoms with E-state index < -0.39 is 23.8 Å². The number of aliphatic carboxylic acids is 1. The van der Waals surface area contributed by atoms with Gasteiger partial charge in [0.15, 0.2) is 6.10 Å². The number of carboxylic acids is 1. The van der Waals surface area contributed by atoms with Crippen molar-refractivity contribution in [2.45, 2.75) is 25.8 Å². The lowest BCUT2D eigenvalue weighted by molar-refractivity contribution is -0.150. The third-order valence-corrected chi connectivity index (χ3v) is 2.10. The van der Waals surface area contributed by atoms with Gasteiger partial charge in [-0.3, -0.25) is 0 Å². The Morgan fingerprint density at radius 3 is 2.65 bits per heavy atom. The van der Waals surface area contributed by atoms with Gasteiger partial charge in [-0.05, 0) is 24.6 Å². The van der Waals surface area contributed by atoms with Crippen molar-refractivity contribution in [3.63, 3.8) is 0 Å². The van der Waals surface area contributed by atoms with E-state index >= 15 is 0 Å². The van der Waals surface area contributed by atoms with Crippen LogP contribution in [0.15, 0.2) is 24.3 Å². The van der Waals surface area contributed by atoms with Crippen molar-refractivity contribution in [1.82, 2.24) is 0 Å². The minimum absolute atomic E-state index is 0.169. The number of carbonyl (C=O) groups is 1. The van der Waals surface area contributed by atoms with E-state index in [0.717, 1.165) is 12.1 Å². The summed E-state index contributed by atoms with van der Waals surface area (Å²) in [6.45, 7) is 1.15. The molecule has 1 N–H and O–H groups in total. The Bertz CT molecular complexity index is 401. The van der Waals surface area contributed by atoms with Gasteiger partial charge in [0, 0.05) is 0 Å². The molecule has 0 unspecified atom stereocenters. The number of halogens is 3. The molecule has 0 aliphatic carbocycles. The SMILES string of the molecule is C[C@H](OCc1cccc(C(F)(F)F)c1)C(=O)O. The summed E-state index contributed by atoms with van der Waals surface area (Å²) >= 11 is 0. The molecule has 1 atom stereocenters. The number of carboxylic acid groups (broad SMARTS) is 1. The molecule has 0 aromatic heterocycles. The highest BCUT2D eigenvalue weighted by Crippen LogP contribution is 2.29. The summed E-state index contributed by atoms with van der Waals surface area (Å²) < 4.78 is 42.0. The lowest BCUT2D eigenvalue weighted by Gasteiger charge is -2.11. The minimum Gasteiger partial charge on any atom is -0.479 e. The average molecular weight is 248 g/mol. The fraction of sp³-hybridized carbons (Fsp3) is 0.364. The molecule has 0 heterocycles. The summed E-state index contributed by atoms with van der Waals surface area (Å²) in [5.41, 5.74) is -0.491. The predicted molar refractivity (Wildman–Crippen MR) is 53.3 cm³/mol. The maximum Gasteiger partial charge on any atom is 0.416 e. The Balaban J connectivity index is 2.70. The highest BCUT2D eigenvalue weighted by Gasteiger charge is 2.30. The van der Waals surface area contributed by atoms with Crippen molar-refractivity contribution >= 4 is 5.97 Å². The largest absolute Gasteiger partial charge is 0.479 e. The van der Waals surface area contributed by atoms with Crippen LogP contribution in [0.25, 0.3) is 0 Å². The van der Waals surface area contributed by atoms with E-state index in [1.165, 1.54) is 19.1 Å². The Hall–Kier alpha value is -1.56. The highest BCUT2D eigenvalue weighted by atomic mass is 19.4. The molecule has 0 fully saturated rings. The van der Waals surface area contributed by atoms with Gasteiger partial charge in [0.1, 0.15) is 0 Å². The topological polar surface area (TPSA) is 46.5 Å². The van der Waals surface area contributed by atoms with E-state index in [1.54, 1.807) is 0 Å². The average Bonchev–Trinajstić information content (AvgIpc) is 2.25. The second kappa shape index (κ2) is 5.18. The van der Waals surface area contributed by atoms with Gasteiger partial charge in [-0.25, -0.2) is 4.79 Å². The molecule has 6 heteroatoms. The van der Waals surface area contributed by atoms with Crippen LogP contribution in [0.2, 0.25) is 0 Å². The minimum atomic E-state index is -4.41. The molecule has 0 saturated carbocycles. The van der Waals surface area contributed by atoms with E-state index in [4.69, 9.17) is 9.84 Å². The molecule has 1 aromatic carbocycles. The van der Waals surface area contributed by atoms with Gasteiger partial charge in [-0.15, -0.1) is 0 Å². The van der Waals surface area contributed by atoms with Crippen LogP contribution >= 0.6 is 0 Å². The van der Waals surface area contributed by atoms with E-state index in [2.05, 4.69) is 0 Å². The molecular formula is C11H11F3O3. The number of benzene rings is 1. The molecule has 0 aliphatic heterocycles. The number of hydrogen-bond donors (Lipinski definition) is 1. The first kappa shape index (κ1) is 13.5. The standard InChI is InChI=1S/C11H11F3O3/c1-7(10(15)16)17-6-8-3-2-4-9(5-8)11(12,13)14/h2-5,7H,6H2,1H3,(H,15,16)/t7-/m0/s1. The zero-order chi connectivity index (χ0) is 13.1. The van der Waals surface area contributed by atoms with Gasteiger partial charge in [0.05, 0.1) is 12.2 Å². The number of rotatable bonds is 4. The second-order valence-electron chi connectivity index (χ2n) is 3.49. The van der Waals surface area contributed by atoms with Crippen LogP contribution in [0.3, 0.4) is 0 Å². The van der Waals surface area contributed by atoms with E-state index in [9.17, 15) is 18.0 Å². The fourth-order valence-corrected chi connectivity index (χ4v) is 1.13. The molecule has 94 valence electrons. The third kappa shape index (κ3) is 4.07. The van der Waals surface area contributed by atoms with Crippen LogP contribution in [0.4, 0.5) is 13.2 Å². The van der Waals surface area contributed by atoms with E-state index in [1.807, 2.05) is 0 Å². The predicted octanol–water partition coefficient (Wildman–Crippen LogP) is 2.70. The molecule has 3 nitrogen and oxygen atoms in total. The lowest BCUT2D eigenvalue weighted by Crippen LogP contribution is -2.19. The Kier molecular flexibility index (Phi) is 4.11. The van der Waals surface area contributed by atoms with E-state index in [-0.39, 0.29) is 12.2 Å². The summed E-state index contributed by atoms with van der Waals surface area (Å²) in [6.07, 6.45) is -5.46. The highest BCUT2D eigenvalue weighted by molar-refractivity contribution is 5.71. The van der Waals surface area contributed by atoms with Crippen LogP contribution in [0.1, 0.15) is 18.1 Å². The molecule has 0 aliphatic rings. The van der Waals surface area contributed by atoms with Gasteiger partial charge >= 0.3 is 12.1 Å². The van der Waals surface area contributed by atoms with Gasteiger partial charge in [-0.1, -0.05) is 12.1 Å². The van der Waals surface area contributed by atoms with Crippen molar-refractivity contribution in [3.05, 3.63) is 35.4 Å². The van der Waals surface area contributed by atoms with Crippen molar-refractivity contribution in [1.29, 1.82) is 0 Å². The van der Waals surface area contributed by atoms with Crippen LogP contribution in [0.5, 0.6) is 0 Å². The van der Waals surface area contributed by atoms with Crippen molar-refractivity contribution in [3.8, 4) is 0 Å². The molecule has 0 amide bonds. The van der Waals surface area contributed by atoms with Crippen LogP contribution in [0, 0.1) is 0 Å². The van der Waals surface area contributed by atoms with Crippen molar-refractivity contribution in [2.24, 2.45) is 0 Å². The quantitative estimate of drug-likeness (QED) is 0.891. The van der Waals surface area contributed by atoms with Crippen molar-refractivity contribution < 1.29 is 27.8 Å². The first-order chi connectivity index (χ1) is 7.80. The first-order valence-electron chi connectivity index (χ1n) is 4.81. The second-order valence-corrected chi connectivity index (χ2v) is 3.49. The summed E-state index contributed by atoms with van der Waals surface area (Å²) in [6, 6.07) is 4.59. The van der Waals surface area contributed by atoms with Gasteiger partial charge in [0.2, 0.25) is 0 Å². The number of alkyl halides is 3. The first-order valence-corrected chi connectivity index (χ1v) is 4.81. The summed E-state index contributed by atoms with van der Waals surface area (Å²) in [5, 5.41) is 8.54. The van der Waals surface area contributed by atoms with Crippen LogP contribution < -0.4 is 0 Å². The molecule has 0 bridgehead atoms. The molecule has 1 aromatic rings. The van der Waals surface area contributed by atoms with Gasteiger partial charge < -0.3 is 9.84 Å². The van der Waals surface area contributed by atoms with Crippen LogP contribution in [-0.4, -0.2) is 17.2 Å². The van der Waals surface area contributed by atoms with E-state index in [0.29, 0.717) is 0 Å². The molecule has 0 radical (unpaired) electrons. The van der Waals surface area contributed by atoms with Gasteiger partial charge in [0.25, 0.3) is 0 Å². The summed E-state index contributed by atoms with van der Waals surface area (Å²) in [5.74, 6) is -1.16. The van der Waals surface area contributed by atoms with Gasteiger partial charge in [-0.2, -0.15) is 13.2 Å². The zero-order valence-electron chi connectivity index (χ0n) is 8.99. The molecule has 0 saturated heterocycles. The lowest BCUT2D eigenvalue weighted by atomic mass is 10.1. The molecular weight excluding hydrogens is 237 g/mol. The zero-order valence-corrected chi connectivity index (χ0v) is 8.99. The monoisotopic (exact) mass is 248 g/mol. The number of ether oxygens (including phenoxy) is 1. The van der Waals surface area contributed by atoms with Crippen molar-refractivity contribution in [2.75, 3.05) is 0 Å². The van der Waals surface area contributed by atoms with Crippen LogP contribution in [-0.2, 0) is 22.3 Å². The molecule has 1 rings (SSSR count). The summed E-state index contributed by atoms with van der Waals surface area (Å²) in [7, 11) is 0. The Morgan fingerprint density at radius 1 is 1.47 bits per heavy atom. The number of hydrogen-bond acceptors (Lipinski definition) is 2.